The summed E-state index contributed by atoms with van der Waals surface area (Å²) in [6.45, 7) is 0.413. The number of amides is 2. The molecule has 0 radical (unpaired) electrons. The lowest BCUT2D eigenvalue weighted by Gasteiger charge is -2.27. The fourth-order valence-electron chi connectivity index (χ4n) is 4.84. The fourth-order valence-corrected chi connectivity index (χ4v) is 4.84. The van der Waals surface area contributed by atoms with E-state index in [-0.39, 0.29) is 31.0 Å². The number of carbonyl (C=O) groups excluding carboxylic acids is 2. The van der Waals surface area contributed by atoms with Gasteiger partial charge in [-0.3, -0.25) is 4.79 Å². The van der Waals surface area contributed by atoms with Crippen molar-refractivity contribution < 1.29 is 24.2 Å². The molecule has 0 bridgehead atoms. The van der Waals surface area contributed by atoms with Gasteiger partial charge in [-0.05, 0) is 49.2 Å². The number of likely N-dealkylation sites (N-methyl/N-ethyl adjacent to an activating group) is 1. The SMILES string of the molecule is CN(C)C[C@H](NC(=O)C1CC=CC(NC(=O)OCC2c3ccccc3-c3ccccc32)C1)C(=O)O. The number of aliphatic carboxylic acids is 1. The standard InChI is InChI=1S/C27H31N3O5/c1-30(2)15-24(26(32)33)29-25(31)17-8-7-9-18(14-17)28-27(34)35-16-23-21-12-5-3-10-19(21)20-11-4-6-13-22(20)23/h3-7,9-13,17-18,23-24H,8,14-16H2,1-2H3,(H,28,34)(H,29,31)(H,32,33)/t17?,18?,24-/m0/s1. The molecule has 184 valence electrons. The van der Waals surface area contributed by atoms with E-state index in [1.54, 1.807) is 19.0 Å². The van der Waals surface area contributed by atoms with Gasteiger partial charge in [0, 0.05) is 18.4 Å². The number of hydrogen-bond donors (Lipinski definition) is 3. The van der Waals surface area contributed by atoms with Gasteiger partial charge in [0.15, 0.2) is 0 Å². The zero-order valence-electron chi connectivity index (χ0n) is 19.9. The summed E-state index contributed by atoms with van der Waals surface area (Å²) in [4.78, 5) is 38.5. The van der Waals surface area contributed by atoms with E-state index in [2.05, 4.69) is 34.9 Å². The number of alkyl carbamates (subject to hydrolysis) is 1. The van der Waals surface area contributed by atoms with Crippen LogP contribution in [0, 0.1) is 5.92 Å². The molecule has 8 heteroatoms. The van der Waals surface area contributed by atoms with Crippen LogP contribution in [-0.2, 0) is 14.3 Å². The van der Waals surface area contributed by atoms with Crippen molar-refractivity contribution in [3.8, 4) is 11.1 Å². The van der Waals surface area contributed by atoms with E-state index in [9.17, 15) is 19.5 Å². The Balaban J connectivity index is 1.32. The minimum Gasteiger partial charge on any atom is -0.480 e. The highest BCUT2D eigenvalue weighted by atomic mass is 16.5. The van der Waals surface area contributed by atoms with Gasteiger partial charge < -0.3 is 25.4 Å². The second-order valence-electron chi connectivity index (χ2n) is 9.33. The Morgan fingerprint density at radius 1 is 1.06 bits per heavy atom. The Bertz CT molecular complexity index is 1080. The van der Waals surface area contributed by atoms with E-state index in [4.69, 9.17) is 4.74 Å². The molecule has 4 rings (SSSR count). The lowest BCUT2D eigenvalue weighted by molar-refractivity contribution is -0.143. The van der Waals surface area contributed by atoms with Crippen molar-refractivity contribution in [2.75, 3.05) is 27.2 Å². The number of carbonyl (C=O) groups is 3. The van der Waals surface area contributed by atoms with Crippen LogP contribution >= 0.6 is 0 Å². The van der Waals surface area contributed by atoms with Crippen LogP contribution in [0.2, 0.25) is 0 Å². The molecule has 0 aromatic heterocycles. The van der Waals surface area contributed by atoms with Crippen molar-refractivity contribution in [1.82, 2.24) is 15.5 Å². The molecule has 0 heterocycles. The maximum atomic E-state index is 12.7. The van der Waals surface area contributed by atoms with Gasteiger partial charge in [-0.2, -0.15) is 0 Å². The van der Waals surface area contributed by atoms with Gasteiger partial charge >= 0.3 is 12.1 Å². The summed E-state index contributed by atoms with van der Waals surface area (Å²) in [5.74, 6) is -1.87. The summed E-state index contributed by atoms with van der Waals surface area (Å²) >= 11 is 0. The first-order valence-corrected chi connectivity index (χ1v) is 11.8. The van der Waals surface area contributed by atoms with Gasteiger partial charge in [0.2, 0.25) is 5.91 Å². The molecule has 0 aliphatic heterocycles. The molecule has 35 heavy (non-hydrogen) atoms. The molecule has 2 aromatic rings. The third-order valence-corrected chi connectivity index (χ3v) is 6.51. The molecule has 3 atom stereocenters. The second-order valence-corrected chi connectivity index (χ2v) is 9.33. The molecule has 2 aliphatic rings. The van der Waals surface area contributed by atoms with E-state index < -0.39 is 24.0 Å². The van der Waals surface area contributed by atoms with Crippen LogP contribution in [0.4, 0.5) is 4.79 Å². The molecule has 2 aliphatic carbocycles. The number of nitrogens with zero attached hydrogens (tertiary/aromatic N) is 1. The smallest absolute Gasteiger partial charge is 0.407 e. The predicted molar refractivity (Wildman–Crippen MR) is 132 cm³/mol. The molecule has 0 spiro atoms. The number of ether oxygens (including phenoxy) is 1. The Morgan fingerprint density at radius 2 is 1.69 bits per heavy atom. The summed E-state index contributed by atoms with van der Waals surface area (Å²) in [5.41, 5.74) is 4.60. The van der Waals surface area contributed by atoms with Gasteiger partial charge in [0.05, 0.1) is 6.04 Å². The van der Waals surface area contributed by atoms with Crippen LogP contribution in [-0.4, -0.2) is 67.3 Å². The van der Waals surface area contributed by atoms with Gasteiger partial charge in [0.25, 0.3) is 0 Å². The number of fused-ring (bicyclic) bond motifs is 3. The zero-order chi connectivity index (χ0) is 24.9. The van der Waals surface area contributed by atoms with E-state index in [1.165, 1.54) is 0 Å². The molecule has 3 N–H and O–H groups in total. The predicted octanol–water partition coefficient (Wildman–Crippen LogP) is 2.99. The molecule has 0 saturated carbocycles. The van der Waals surface area contributed by atoms with Crippen molar-refractivity contribution in [2.24, 2.45) is 5.92 Å². The van der Waals surface area contributed by atoms with E-state index in [0.29, 0.717) is 12.8 Å². The Labute approximate surface area is 205 Å². The lowest BCUT2D eigenvalue weighted by Crippen LogP contribution is -2.50. The van der Waals surface area contributed by atoms with Crippen LogP contribution in [0.5, 0.6) is 0 Å². The van der Waals surface area contributed by atoms with Crippen molar-refractivity contribution in [3.63, 3.8) is 0 Å². The van der Waals surface area contributed by atoms with Crippen molar-refractivity contribution >= 4 is 18.0 Å². The van der Waals surface area contributed by atoms with Gasteiger partial charge in [-0.25, -0.2) is 9.59 Å². The third-order valence-electron chi connectivity index (χ3n) is 6.51. The topological polar surface area (TPSA) is 108 Å². The lowest BCUT2D eigenvalue weighted by atomic mass is 9.90. The number of allylic oxidation sites excluding steroid dienone is 1. The number of benzene rings is 2. The number of carboxylic acids is 1. The van der Waals surface area contributed by atoms with E-state index >= 15 is 0 Å². The molecule has 2 unspecified atom stereocenters. The first-order chi connectivity index (χ1) is 16.8. The van der Waals surface area contributed by atoms with Crippen LogP contribution in [0.3, 0.4) is 0 Å². The fraction of sp³-hybridized carbons (Fsp3) is 0.370. The van der Waals surface area contributed by atoms with Gasteiger partial charge in [-0.1, -0.05) is 60.7 Å². The number of nitrogens with one attached hydrogen (secondary N) is 2. The monoisotopic (exact) mass is 477 g/mol. The van der Waals surface area contributed by atoms with Crippen molar-refractivity contribution in [1.29, 1.82) is 0 Å². The number of rotatable bonds is 8. The Kier molecular flexibility index (Phi) is 7.51. The maximum Gasteiger partial charge on any atom is 0.407 e. The average molecular weight is 478 g/mol. The normalized spacial score (nSPS) is 19.5. The summed E-state index contributed by atoms with van der Waals surface area (Å²) < 4.78 is 5.61. The summed E-state index contributed by atoms with van der Waals surface area (Å²) in [7, 11) is 3.50. The minimum absolute atomic E-state index is 0.0294. The van der Waals surface area contributed by atoms with Crippen LogP contribution in [0.1, 0.15) is 29.9 Å². The van der Waals surface area contributed by atoms with Gasteiger partial charge in [0.1, 0.15) is 12.6 Å². The third kappa shape index (κ3) is 5.71. The quantitative estimate of drug-likeness (QED) is 0.505. The van der Waals surface area contributed by atoms with E-state index in [0.717, 1.165) is 22.3 Å². The molecular formula is C27H31N3O5. The highest BCUT2D eigenvalue weighted by Gasteiger charge is 2.31. The Hall–Kier alpha value is -3.65. The molecular weight excluding hydrogens is 446 g/mol. The summed E-state index contributed by atoms with van der Waals surface area (Å²) in [6, 6.07) is 14.9. The highest BCUT2D eigenvalue weighted by molar-refractivity contribution is 5.85. The van der Waals surface area contributed by atoms with Crippen LogP contribution < -0.4 is 10.6 Å². The summed E-state index contributed by atoms with van der Waals surface area (Å²) in [5, 5.41) is 14.8. The van der Waals surface area contributed by atoms with Crippen LogP contribution in [0.15, 0.2) is 60.7 Å². The average Bonchev–Trinajstić information content (AvgIpc) is 3.16. The highest BCUT2D eigenvalue weighted by Crippen LogP contribution is 2.44. The minimum atomic E-state index is -1.08. The first kappa shape index (κ1) is 24.5. The molecule has 2 amide bonds. The van der Waals surface area contributed by atoms with Gasteiger partial charge in [-0.15, -0.1) is 0 Å². The first-order valence-electron chi connectivity index (χ1n) is 11.8. The summed E-state index contributed by atoms with van der Waals surface area (Å²) in [6.07, 6.45) is 4.01. The number of carboxylic acid groups (broad SMARTS) is 1. The molecule has 0 fully saturated rings. The van der Waals surface area contributed by atoms with Crippen LogP contribution in [0.25, 0.3) is 11.1 Å². The molecule has 8 nitrogen and oxygen atoms in total. The van der Waals surface area contributed by atoms with E-state index in [1.807, 2.05) is 36.4 Å². The van der Waals surface area contributed by atoms with Crippen molar-refractivity contribution in [3.05, 3.63) is 71.8 Å². The number of hydrogen-bond acceptors (Lipinski definition) is 5. The zero-order valence-corrected chi connectivity index (χ0v) is 19.9. The maximum absolute atomic E-state index is 12.7. The second kappa shape index (κ2) is 10.7. The largest absolute Gasteiger partial charge is 0.480 e. The Morgan fingerprint density at radius 3 is 2.29 bits per heavy atom. The molecule has 2 aromatic carbocycles. The molecule has 0 saturated heterocycles. The van der Waals surface area contributed by atoms with Crippen molar-refractivity contribution in [2.45, 2.75) is 30.8 Å².